The molecule has 2 aromatic carbocycles. The smallest absolute Gasteiger partial charge is 0.378 e. The van der Waals surface area contributed by atoms with E-state index in [0.29, 0.717) is 56.8 Å². The zero-order chi connectivity index (χ0) is 31.0. The van der Waals surface area contributed by atoms with Gasteiger partial charge in [-0.1, -0.05) is 12.1 Å². The standard InChI is InChI=1S/C31H36F7NO4/c1-20(22-14-23(30(33,34)35)16-24(15-22)31(36,37)38)43-29(26(4-3-13-42-29)21-5-7-25(32)8-6-21)18-39-11-9-28(10-12-39)19-41-17-27(28)40-2/h5-8,14-16,20,26-27H,3-4,9-13,17-19H2,1-2H3/t20-,26-,27+,29+/m1/s1. The van der Waals surface area contributed by atoms with Crippen LogP contribution in [0.15, 0.2) is 42.5 Å². The monoisotopic (exact) mass is 619 g/mol. The van der Waals surface area contributed by atoms with Crippen LogP contribution < -0.4 is 0 Å². The first-order chi connectivity index (χ1) is 20.2. The maximum absolute atomic E-state index is 13.8. The van der Waals surface area contributed by atoms with E-state index in [0.717, 1.165) is 12.8 Å². The Hall–Kier alpha value is -2.25. The Morgan fingerprint density at radius 3 is 2.19 bits per heavy atom. The molecule has 0 radical (unpaired) electrons. The average Bonchev–Trinajstić information content (AvgIpc) is 3.36. The third-order valence-corrected chi connectivity index (χ3v) is 9.16. The number of ether oxygens (including phenoxy) is 4. The number of benzene rings is 2. The van der Waals surface area contributed by atoms with E-state index in [4.69, 9.17) is 18.9 Å². The lowest BCUT2D eigenvalue weighted by molar-refractivity contribution is -0.293. The summed E-state index contributed by atoms with van der Waals surface area (Å²) in [5.41, 5.74) is -2.49. The van der Waals surface area contributed by atoms with Gasteiger partial charge in [0.25, 0.3) is 0 Å². The zero-order valence-electron chi connectivity index (χ0n) is 24.1. The van der Waals surface area contributed by atoms with Crippen molar-refractivity contribution in [1.29, 1.82) is 0 Å². The van der Waals surface area contributed by atoms with Crippen molar-refractivity contribution in [3.63, 3.8) is 0 Å². The van der Waals surface area contributed by atoms with Crippen LogP contribution in [0.2, 0.25) is 0 Å². The van der Waals surface area contributed by atoms with Crippen LogP contribution in [0.5, 0.6) is 0 Å². The number of halogens is 7. The van der Waals surface area contributed by atoms with Crippen molar-refractivity contribution in [1.82, 2.24) is 4.90 Å². The highest BCUT2D eigenvalue weighted by Crippen LogP contribution is 2.47. The summed E-state index contributed by atoms with van der Waals surface area (Å²) in [4.78, 5) is 2.15. The van der Waals surface area contributed by atoms with Gasteiger partial charge in [0, 0.05) is 18.4 Å². The van der Waals surface area contributed by atoms with E-state index in [1.807, 2.05) is 0 Å². The molecule has 0 amide bonds. The lowest BCUT2D eigenvalue weighted by Crippen LogP contribution is -2.56. The van der Waals surface area contributed by atoms with Crippen LogP contribution >= 0.6 is 0 Å². The van der Waals surface area contributed by atoms with E-state index in [1.54, 1.807) is 19.2 Å². The molecule has 3 heterocycles. The molecule has 0 saturated carbocycles. The molecule has 3 fully saturated rings. The Morgan fingerprint density at radius 1 is 0.977 bits per heavy atom. The van der Waals surface area contributed by atoms with E-state index in [1.165, 1.54) is 19.1 Å². The molecule has 0 bridgehead atoms. The Morgan fingerprint density at radius 2 is 1.60 bits per heavy atom. The first-order valence-corrected chi connectivity index (χ1v) is 14.4. The number of nitrogens with zero attached hydrogens (tertiary/aromatic N) is 1. The highest BCUT2D eigenvalue weighted by atomic mass is 19.4. The minimum atomic E-state index is -4.99. The summed E-state index contributed by atoms with van der Waals surface area (Å²) in [6.45, 7) is 4.34. The van der Waals surface area contributed by atoms with Crippen molar-refractivity contribution in [3.8, 4) is 0 Å². The maximum Gasteiger partial charge on any atom is 0.416 e. The first-order valence-electron chi connectivity index (χ1n) is 14.4. The van der Waals surface area contributed by atoms with Crippen LogP contribution in [0.3, 0.4) is 0 Å². The molecule has 0 N–H and O–H groups in total. The minimum Gasteiger partial charge on any atom is -0.378 e. The molecule has 3 saturated heterocycles. The van der Waals surface area contributed by atoms with Gasteiger partial charge in [-0.2, -0.15) is 26.3 Å². The molecule has 12 heteroatoms. The van der Waals surface area contributed by atoms with Crippen molar-refractivity contribution in [3.05, 3.63) is 70.5 Å². The number of rotatable bonds is 7. The van der Waals surface area contributed by atoms with Gasteiger partial charge in [-0.3, -0.25) is 4.90 Å². The molecule has 0 unspecified atom stereocenters. The predicted molar refractivity (Wildman–Crippen MR) is 143 cm³/mol. The van der Waals surface area contributed by atoms with E-state index < -0.39 is 47.1 Å². The summed E-state index contributed by atoms with van der Waals surface area (Å²) >= 11 is 0. The number of piperidine rings is 1. The topological polar surface area (TPSA) is 40.2 Å². The van der Waals surface area contributed by atoms with Crippen molar-refractivity contribution < 1.29 is 49.7 Å². The second-order valence-corrected chi connectivity index (χ2v) is 11.9. The van der Waals surface area contributed by atoms with Gasteiger partial charge < -0.3 is 18.9 Å². The Kier molecular flexibility index (Phi) is 9.17. The fourth-order valence-electron chi connectivity index (χ4n) is 6.75. The summed E-state index contributed by atoms with van der Waals surface area (Å²) in [6.07, 6.45) is -8.41. The zero-order valence-corrected chi connectivity index (χ0v) is 24.1. The summed E-state index contributed by atoms with van der Waals surface area (Å²) in [5.74, 6) is -2.30. The van der Waals surface area contributed by atoms with Crippen molar-refractivity contribution in [2.24, 2.45) is 5.41 Å². The Labute approximate surface area is 246 Å². The Bertz CT molecular complexity index is 1210. The van der Waals surface area contributed by atoms with Gasteiger partial charge in [-0.15, -0.1) is 0 Å². The van der Waals surface area contributed by atoms with Gasteiger partial charge in [0.15, 0.2) is 5.79 Å². The van der Waals surface area contributed by atoms with Gasteiger partial charge >= 0.3 is 12.4 Å². The molecule has 1 spiro atoms. The van der Waals surface area contributed by atoms with Crippen LogP contribution in [0.4, 0.5) is 30.7 Å². The number of hydrogen-bond acceptors (Lipinski definition) is 5. The molecule has 2 aromatic rings. The van der Waals surface area contributed by atoms with E-state index >= 15 is 0 Å². The molecular weight excluding hydrogens is 583 g/mol. The molecular formula is C31H36F7NO4. The second kappa shape index (κ2) is 12.3. The van der Waals surface area contributed by atoms with Crippen molar-refractivity contribution in [2.45, 2.75) is 68.9 Å². The molecule has 43 heavy (non-hydrogen) atoms. The highest BCUT2D eigenvalue weighted by molar-refractivity contribution is 5.35. The van der Waals surface area contributed by atoms with Gasteiger partial charge in [0.05, 0.1) is 49.7 Å². The molecule has 238 valence electrons. The van der Waals surface area contributed by atoms with E-state index in [2.05, 4.69) is 4.90 Å². The summed E-state index contributed by atoms with van der Waals surface area (Å²) in [6, 6.07) is 7.36. The number of hydrogen-bond donors (Lipinski definition) is 0. The lowest BCUT2D eigenvalue weighted by atomic mass is 9.75. The van der Waals surface area contributed by atoms with Crippen LogP contribution in [0.25, 0.3) is 0 Å². The predicted octanol–water partition coefficient (Wildman–Crippen LogP) is 7.36. The fourth-order valence-corrected chi connectivity index (χ4v) is 6.75. The number of likely N-dealkylation sites (tertiary alicyclic amines) is 1. The van der Waals surface area contributed by atoms with Crippen LogP contribution in [-0.2, 0) is 31.3 Å². The van der Waals surface area contributed by atoms with Crippen LogP contribution in [0, 0.1) is 11.2 Å². The van der Waals surface area contributed by atoms with Crippen LogP contribution in [-0.4, -0.2) is 63.4 Å². The molecule has 0 aromatic heterocycles. The van der Waals surface area contributed by atoms with Crippen molar-refractivity contribution >= 4 is 0 Å². The van der Waals surface area contributed by atoms with Gasteiger partial charge in [-0.05, 0) is 87.2 Å². The molecule has 3 aliphatic heterocycles. The first kappa shape index (κ1) is 32.2. The normalized spacial score (nSPS) is 27.5. The highest BCUT2D eigenvalue weighted by Gasteiger charge is 2.51. The lowest BCUT2D eigenvalue weighted by Gasteiger charge is -2.49. The maximum atomic E-state index is 13.8. The third kappa shape index (κ3) is 6.88. The summed E-state index contributed by atoms with van der Waals surface area (Å²) in [7, 11) is 1.67. The quantitative estimate of drug-likeness (QED) is 0.303. The molecule has 5 nitrogen and oxygen atoms in total. The number of alkyl halides is 6. The largest absolute Gasteiger partial charge is 0.416 e. The third-order valence-electron chi connectivity index (χ3n) is 9.16. The van der Waals surface area contributed by atoms with Crippen LogP contribution in [0.1, 0.15) is 66.9 Å². The van der Waals surface area contributed by atoms with Gasteiger partial charge in [0.1, 0.15) is 5.82 Å². The van der Waals surface area contributed by atoms with Gasteiger partial charge in [-0.25, -0.2) is 4.39 Å². The molecule has 5 rings (SSSR count). The molecule has 0 aliphatic carbocycles. The molecule has 4 atom stereocenters. The number of methoxy groups -OCH3 is 1. The van der Waals surface area contributed by atoms with Crippen molar-refractivity contribution in [2.75, 3.05) is 46.6 Å². The van der Waals surface area contributed by atoms with E-state index in [-0.39, 0.29) is 36.3 Å². The minimum absolute atomic E-state index is 0.0264. The van der Waals surface area contributed by atoms with E-state index in [9.17, 15) is 30.7 Å². The second-order valence-electron chi connectivity index (χ2n) is 11.9. The SMILES string of the molecule is CO[C@H]1COCC12CCN(C[C@@]1(O[C@H](C)c3cc(C(F)(F)F)cc(C(F)(F)F)c3)OCCC[C@@H]1c1ccc(F)cc1)CC2. The Balaban J connectivity index is 1.48. The summed E-state index contributed by atoms with van der Waals surface area (Å²) in [5, 5.41) is 0. The average molecular weight is 620 g/mol. The van der Waals surface area contributed by atoms with Gasteiger partial charge in [0.2, 0.25) is 0 Å². The summed E-state index contributed by atoms with van der Waals surface area (Å²) < 4.78 is 120. The fraction of sp³-hybridized carbons (Fsp3) is 0.613. The molecule has 3 aliphatic rings.